The second-order valence-corrected chi connectivity index (χ2v) is 8.07. The Hall–Kier alpha value is -3.27. The van der Waals surface area contributed by atoms with Crippen molar-refractivity contribution in [1.82, 2.24) is 10.2 Å². The number of amides is 3. The molecule has 0 bridgehead atoms. The van der Waals surface area contributed by atoms with Crippen LogP contribution in [0.4, 0.5) is 5.69 Å². The van der Waals surface area contributed by atoms with Crippen LogP contribution in [0.3, 0.4) is 0 Å². The van der Waals surface area contributed by atoms with Gasteiger partial charge in [-0.3, -0.25) is 19.2 Å². The predicted molar refractivity (Wildman–Crippen MR) is 109 cm³/mol. The van der Waals surface area contributed by atoms with Crippen molar-refractivity contribution in [3.05, 3.63) is 42.2 Å². The van der Waals surface area contributed by atoms with Gasteiger partial charge in [0, 0.05) is 18.2 Å². The van der Waals surface area contributed by atoms with Crippen molar-refractivity contribution in [2.75, 3.05) is 23.4 Å². The molecule has 1 aromatic heterocycles. The number of hydrogen-bond donors (Lipinski definition) is 3. The van der Waals surface area contributed by atoms with Crippen molar-refractivity contribution in [2.45, 2.75) is 18.5 Å². The maximum absolute atomic E-state index is 13.2. The van der Waals surface area contributed by atoms with E-state index in [2.05, 4.69) is 10.6 Å². The van der Waals surface area contributed by atoms with E-state index in [1.165, 1.54) is 4.90 Å². The van der Waals surface area contributed by atoms with Gasteiger partial charge in [0.05, 0.1) is 29.0 Å². The molecule has 3 heterocycles. The van der Waals surface area contributed by atoms with Gasteiger partial charge in [-0.1, -0.05) is 0 Å². The van der Waals surface area contributed by atoms with Gasteiger partial charge < -0.3 is 25.1 Å². The number of hydrogen-bond acceptors (Lipinski definition) is 6. The molecule has 3 amide bonds. The Kier molecular flexibility index (Phi) is 5.49. The molecule has 4 rings (SSSR count). The van der Waals surface area contributed by atoms with Gasteiger partial charge >= 0.3 is 5.97 Å². The standard InChI is InChI=1S/C20H19N3O6S/c24-17(9-30-10-18(25)26)21-12-7-15-19(27)22-14-4-3-11(16-2-1-5-29-16)6-13(14)20(28)23(15)8-12/h1-6,12,15H,7-10H2,(H,21,24)(H,22,27)(H,25,26)/t12-,15-/m0/s1. The fourth-order valence-corrected chi connectivity index (χ4v) is 4.26. The first-order valence-electron chi connectivity index (χ1n) is 9.31. The Labute approximate surface area is 175 Å². The third-order valence-corrected chi connectivity index (χ3v) is 5.92. The summed E-state index contributed by atoms with van der Waals surface area (Å²) in [6.45, 7) is 0.205. The van der Waals surface area contributed by atoms with Gasteiger partial charge in [0.15, 0.2) is 0 Å². The first-order chi connectivity index (χ1) is 14.4. The first kappa shape index (κ1) is 20.0. The molecule has 30 heavy (non-hydrogen) atoms. The smallest absolute Gasteiger partial charge is 0.313 e. The molecule has 2 atom stereocenters. The lowest BCUT2D eigenvalue weighted by molar-refractivity contribution is -0.133. The van der Waals surface area contributed by atoms with E-state index in [-0.39, 0.29) is 41.8 Å². The van der Waals surface area contributed by atoms with Crippen LogP contribution in [-0.2, 0) is 14.4 Å². The van der Waals surface area contributed by atoms with Gasteiger partial charge in [-0.15, -0.1) is 11.8 Å². The molecule has 2 aromatic rings. The molecule has 2 aliphatic heterocycles. The van der Waals surface area contributed by atoms with Crippen LogP contribution in [0.2, 0.25) is 0 Å². The molecule has 2 aliphatic rings. The van der Waals surface area contributed by atoms with Crippen LogP contribution >= 0.6 is 11.8 Å². The molecule has 1 aromatic carbocycles. The summed E-state index contributed by atoms with van der Waals surface area (Å²) >= 11 is 0.993. The fraction of sp³-hybridized carbons (Fsp3) is 0.300. The van der Waals surface area contributed by atoms with E-state index in [0.717, 1.165) is 17.3 Å². The van der Waals surface area contributed by atoms with Crippen molar-refractivity contribution in [1.29, 1.82) is 0 Å². The van der Waals surface area contributed by atoms with E-state index >= 15 is 0 Å². The van der Waals surface area contributed by atoms with Gasteiger partial charge in [0.2, 0.25) is 11.8 Å². The number of aliphatic carboxylic acids is 1. The van der Waals surface area contributed by atoms with Gasteiger partial charge in [0.1, 0.15) is 11.8 Å². The van der Waals surface area contributed by atoms with E-state index in [4.69, 9.17) is 9.52 Å². The third-order valence-electron chi connectivity index (χ3n) is 5.00. The van der Waals surface area contributed by atoms with Gasteiger partial charge in [-0.05, 0) is 36.8 Å². The van der Waals surface area contributed by atoms with Crippen molar-refractivity contribution in [3.63, 3.8) is 0 Å². The van der Waals surface area contributed by atoms with E-state index in [1.807, 2.05) is 0 Å². The minimum Gasteiger partial charge on any atom is -0.481 e. The molecule has 1 fully saturated rings. The zero-order chi connectivity index (χ0) is 21.3. The summed E-state index contributed by atoms with van der Waals surface area (Å²) in [6.07, 6.45) is 1.84. The number of carbonyl (C=O) groups is 4. The van der Waals surface area contributed by atoms with E-state index < -0.39 is 12.0 Å². The summed E-state index contributed by atoms with van der Waals surface area (Å²) in [5.41, 5.74) is 1.53. The van der Waals surface area contributed by atoms with Crippen LogP contribution < -0.4 is 10.6 Å². The molecule has 0 spiro atoms. The molecule has 0 aliphatic carbocycles. The van der Waals surface area contributed by atoms with E-state index in [0.29, 0.717) is 23.4 Å². The Morgan fingerprint density at radius 2 is 2.10 bits per heavy atom. The molecule has 3 N–H and O–H groups in total. The van der Waals surface area contributed by atoms with Crippen molar-refractivity contribution in [3.8, 4) is 11.3 Å². The normalized spacial score (nSPS) is 20.2. The molecule has 10 heteroatoms. The number of carbonyl (C=O) groups excluding carboxylic acids is 3. The molecular weight excluding hydrogens is 410 g/mol. The van der Waals surface area contributed by atoms with Gasteiger partial charge in [0.25, 0.3) is 5.91 Å². The highest BCUT2D eigenvalue weighted by molar-refractivity contribution is 8.00. The topological polar surface area (TPSA) is 129 Å². The largest absolute Gasteiger partial charge is 0.481 e. The van der Waals surface area contributed by atoms with Crippen LogP contribution in [0.15, 0.2) is 41.0 Å². The number of carboxylic acid groups (broad SMARTS) is 1. The Morgan fingerprint density at radius 3 is 2.83 bits per heavy atom. The average Bonchev–Trinajstić information content (AvgIpc) is 3.36. The molecular formula is C20H19N3O6S. The molecule has 0 saturated carbocycles. The lowest BCUT2D eigenvalue weighted by Crippen LogP contribution is -2.41. The number of carboxylic acids is 1. The average molecular weight is 429 g/mol. The second kappa shape index (κ2) is 8.23. The summed E-state index contributed by atoms with van der Waals surface area (Å²) in [7, 11) is 0. The van der Waals surface area contributed by atoms with Crippen LogP contribution in [0.25, 0.3) is 11.3 Å². The van der Waals surface area contributed by atoms with Crippen LogP contribution in [0.1, 0.15) is 16.8 Å². The highest BCUT2D eigenvalue weighted by Gasteiger charge is 2.43. The van der Waals surface area contributed by atoms with E-state index in [9.17, 15) is 19.2 Å². The second-order valence-electron chi connectivity index (χ2n) is 7.09. The van der Waals surface area contributed by atoms with Gasteiger partial charge in [-0.25, -0.2) is 0 Å². The quantitative estimate of drug-likeness (QED) is 0.633. The van der Waals surface area contributed by atoms with Crippen LogP contribution in [0, 0.1) is 0 Å². The lowest BCUT2D eigenvalue weighted by atomic mass is 10.1. The Morgan fingerprint density at radius 1 is 1.27 bits per heavy atom. The SMILES string of the molecule is O=C(O)CSCC(=O)N[C@H]1C[C@H]2C(=O)Nc3ccc(-c4ccco4)cc3C(=O)N2C1. The number of fused-ring (bicyclic) bond motifs is 2. The minimum absolute atomic E-state index is 0.00293. The Bertz CT molecular complexity index is 1010. The summed E-state index contributed by atoms with van der Waals surface area (Å²) < 4.78 is 5.39. The number of thioether (sulfide) groups is 1. The summed E-state index contributed by atoms with van der Waals surface area (Å²) in [6, 6.07) is 7.63. The maximum atomic E-state index is 13.2. The number of anilines is 1. The third kappa shape index (κ3) is 4.04. The number of benzene rings is 1. The fourth-order valence-electron chi connectivity index (χ4n) is 3.71. The molecule has 9 nitrogen and oxygen atoms in total. The molecule has 0 radical (unpaired) electrons. The van der Waals surface area contributed by atoms with E-state index in [1.54, 1.807) is 36.6 Å². The number of nitrogens with zero attached hydrogens (tertiary/aromatic N) is 1. The molecule has 0 unspecified atom stereocenters. The number of rotatable bonds is 6. The van der Waals surface area contributed by atoms with Crippen molar-refractivity contribution in [2.24, 2.45) is 0 Å². The zero-order valence-electron chi connectivity index (χ0n) is 15.8. The Balaban J connectivity index is 1.49. The predicted octanol–water partition coefficient (Wildman–Crippen LogP) is 1.42. The van der Waals surface area contributed by atoms with Crippen molar-refractivity contribution >= 4 is 41.1 Å². The summed E-state index contributed by atoms with van der Waals surface area (Å²) in [5, 5.41) is 14.2. The minimum atomic E-state index is -0.989. The van der Waals surface area contributed by atoms with Gasteiger partial charge in [-0.2, -0.15) is 0 Å². The summed E-state index contributed by atoms with van der Waals surface area (Å²) in [4.78, 5) is 50.0. The zero-order valence-corrected chi connectivity index (χ0v) is 16.6. The number of nitrogens with one attached hydrogen (secondary N) is 2. The molecule has 1 saturated heterocycles. The maximum Gasteiger partial charge on any atom is 0.313 e. The van der Waals surface area contributed by atoms with Crippen molar-refractivity contribution < 1.29 is 28.7 Å². The highest BCUT2D eigenvalue weighted by Crippen LogP contribution is 2.32. The highest BCUT2D eigenvalue weighted by atomic mass is 32.2. The van der Waals surface area contributed by atoms with Crippen LogP contribution in [0.5, 0.6) is 0 Å². The first-order valence-corrected chi connectivity index (χ1v) is 10.5. The summed E-state index contributed by atoms with van der Waals surface area (Å²) in [5.74, 6) is -1.45. The number of furan rings is 1. The van der Waals surface area contributed by atoms with Crippen LogP contribution in [-0.4, -0.2) is 63.8 Å². The monoisotopic (exact) mass is 429 g/mol. The lowest BCUT2D eigenvalue weighted by Gasteiger charge is -2.20. The molecule has 156 valence electrons.